The number of nitrogens with two attached hydrogens (primary N) is 1. The Morgan fingerprint density at radius 3 is 2.64 bits per heavy atom. The number of rotatable bonds is 3. The third-order valence-electron chi connectivity index (χ3n) is 1.81. The first-order valence-corrected chi connectivity index (χ1v) is 4.66. The Kier molecular flexibility index (Phi) is 3.91. The fourth-order valence-corrected chi connectivity index (χ4v) is 1.70. The van der Waals surface area contributed by atoms with Crippen LogP contribution >= 0.6 is 15.9 Å². The molecule has 1 heterocycles. The normalized spacial score (nSPS) is 11.0. The van der Waals surface area contributed by atoms with Crippen molar-refractivity contribution in [3.05, 3.63) is 27.5 Å². The van der Waals surface area contributed by atoms with E-state index in [1.54, 1.807) is 0 Å². The Balaban J connectivity index is 3.27. The minimum Gasteiger partial charge on any atom is -0.392 e. The Hall–Kier alpha value is -0.590. The number of halogens is 3. The third kappa shape index (κ3) is 2.08. The number of hydrogen-bond acceptors (Lipinski definition) is 3. The maximum absolute atomic E-state index is 12.4. The molecule has 0 spiro atoms. The highest BCUT2D eigenvalue weighted by Crippen LogP contribution is 2.30. The van der Waals surface area contributed by atoms with E-state index in [0.717, 1.165) is 6.20 Å². The highest BCUT2D eigenvalue weighted by molar-refractivity contribution is 9.10. The standard InChI is InChI=1S/C8H9BrF2N2O/c9-7-4(8(10)11)2-13-6(1-12)5(7)3-14/h2,8,14H,1,3,12H2. The lowest BCUT2D eigenvalue weighted by molar-refractivity contribution is 0.149. The quantitative estimate of drug-likeness (QED) is 0.876. The first-order chi connectivity index (χ1) is 6.61. The van der Waals surface area contributed by atoms with Crippen LogP contribution in [0.15, 0.2) is 10.7 Å². The van der Waals surface area contributed by atoms with Gasteiger partial charge in [-0.3, -0.25) is 4.98 Å². The zero-order valence-corrected chi connectivity index (χ0v) is 8.76. The zero-order chi connectivity index (χ0) is 10.7. The lowest BCUT2D eigenvalue weighted by Crippen LogP contribution is -2.07. The molecule has 1 aromatic rings. The van der Waals surface area contributed by atoms with Gasteiger partial charge in [0.15, 0.2) is 0 Å². The van der Waals surface area contributed by atoms with Crippen LogP contribution in [-0.4, -0.2) is 10.1 Å². The van der Waals surface area contributed by atoms with Gasteiger partial charge in [-0.1, -0.05) is 0 Å². The van der Waals surface area contributed by atoms with Crippen LogP contribution in [0.2, 0.25) is 0 Å². The van der Waals surface area contributed by atoms with Crippen LogP contribution in [0.25, 0.3) is 0 Å². The SMILES string of the molecule is NCc1ncc(C(F)F)c(Br)c1CO. The van der Waals surface area contributed by atoms with Crippen molar-refractivity contribution in [1.29, 1.82) is 0 Å². The van der Waals surface area contributed by atoms with E-state index in [1.807, 2.05) is 0 Å². The van der Waals surface area contributed by atoms with Crippen molar-refractivity contribution < 1.29 is 13.9 Å². The Bertz CT molecular complexity index is 333. The van der Waals surface area contributed by atoms with Crippen molar-refractivity contribution >= 4 is 15.9 Å². The predicted molar refractivity (Wildman–Crippen MR) is 50.7 cm³/mol. The first kappa shape index (κ1) is 11.5. The smallest absolute Gasteiger partial charge is 0.266 e. The summed E-state index contributed by atoms with van der Waals surface area (Å²) >= 11 is 3.00. The molecule has 0 aliphatic rings. The molecular formula is C8H9BrF2N2O. The first-order valence-electron chi connectivity index (χ1n) is 3.87. The number of aliphatic hydroxyl groups excluding tert-OH is 1. The number of hydrogen-bond donors (Lipinski definition) is 2. The minimum atomic E-state index is -2.62. The maximum atomic E-state index is 12.4. The van der Waals surface area contributed by atoms with E-state index in [-0.39, 0.29) is 23.2 Å². The molecule has 0 saturated carbocycles. The second-order valence-corrected chi connectivity index (χ2v) is 3.41. The fourth-order valence-electron chi connectivity index (χ4n) is 1.07. The van der Waals surface area contributed by atoms with E-state index < -0.39 is 6.43 Å². The molecule has 0 aliphatic heterocycles. The molecule has 0 atom stereocenters. The van der Waals surface area contributed by atoms with E-state index in [9.17, 15) is 8.78 Å². The average molecular weight is 267 g/mol. The van der Waals surface area contributed by atoms with E-state index in [2.05, 4.69) is 20.9 Å². The van der Waals surface area contributed by atoms with Crippen LogP contribution in [0.1, 0.15) is 23.2 Å². The summed E-state index contributed by atoms with van der Waals surface area (Å²) in [5, 5.41) is 8.97. The van der Waals surface area contributed by atoms with Gasteiger partial charge >= 0.3 is 0 Å². The number of aliphatic hydroxyl groups is 1. The van der Waals surface area contributed by atoms with Crippen LogP contribution in [0.5, 0.6) is 0 Å². The molecule has 6 heteroatoms. The fraction of sp³-hybridized carbons (Fsp3) is 0.375. The summed E-state index contributed by atoms with van der Waals surface area (Å²) in [5.41, 5.74) is 5.85. The Morgan fingerprint density at radius 2 is 2.21 bits per heavy atom. The number of aromatic nitrogens is 1. The van der Waals surface area contributed by atoms with Crippen molar-refractivity contribution in [2.45, 2.75) is 19.6 Å². The highest BCUT2D eigenvalue weighted by Gasteiger charge is 2.17. The number of pyridine rings is 1. The summed E-state index contributed by atoms with van der Waals surface area (Å²) in [5.74, 6) is 0. The van der Waals surface area contributed by atoms with E-state index >= 15 is 0 Å². The molecule has 0 aliphatic carbocycles. The highest BCUT2D eigenvalue weighted by atomic mass is 79.9. The van der Waals surface area contributed by atoms with Gasteiger partial charge in [0.25, 0.3) is 6.43 Å². The van der Waals surface area contributed by atoms with Crippen molar-refractivity contribution in [3.63, 3.8) is 0 Å². The summed E-state index contributed by atoms with van der Waals surface area (Å²) in [7, 11) is 0. The van der Waals surface area contributed by atoms with Crippen molar-refractivity contribution in [1.82, 2.24) is 4.98 Å². The van der Waals surface area contributed by atoms with E-state index in [1.165, 1.54) is 0 Å². The molecule has 3 nitrogen and oxygen atoms in total. The van der Waals surface area contributed by atoms with Gasteiger partial charge in [0, 0.05) is 22.8 Å². The molecule has 0 fully saturated rings. The molecule has 0 aromatic carbocycles. The molecule has 1 aromatic heterocycles. The van der Waals surface area contributed by atoms with Gasteiger partial charge < -0.3 is 10.8 Å². The van der Waals surface area contributed by atoms with Crippen molar-refractivity contribution in [2.24, 2.45) is 5.73 Å². The summed E-state index contributed by atoms with van der Waals surface area (Å²) in [6, 6.07) is 0. The molecule has 0 bridgehead atoms. The van der Waals surface area contributed by atoms with Gasteiger partial charge in [-0.2, -0.15) is 0 Å². The Labute approximate surface area is 88.1 Å². The largest absolute Gasteiger partial charge is 0.392 e. The zero-order valence-electron chi connectivity index (χ0n) is 7.17. The lowest BCUT2D eigenvalue weighted by atomic mass is 10.1. The minimum absolute atomic E-state index is 0.109. The van der Waals surface area contributed by atoms with Crippen LogP contribution < -0.4 is 5.73 Å². The van der Waals surface area contributed by atoms with Gasteiger partial charge in [0.1, 0.15) is 0 Å². The topological polar surface area (TPSA) is 59.1 Å². The van der Waals surface area contributed by atoms with Gasteiger partial charge in [-0.15, -0.1) is 0 Å². The molecule has 0 amide bonds. The molecule has 3 N–H and O–H groups in total. The van der Waals surface area contributed by atoms with Crippen LogP contribution in [0.3, 0.4) is 0 Å². The van der Waals surface area contributed by atoms with Gasteiger partial charge in [-0.25, -0.2) is 8.78 Å². The van der Waals surface area contributed by atoms with Gasteiger partial charge in [-0.05, 0) is 15.9 Å². The van der Waals surface area contributed by atoms with Gasteiger partial charge in [0.05, 0.1) is 17.9 Å². The van der Waals surface area contributed by atoms with Crippen LogP contribution in [-0.2, 0) is 13.2 Å². The molecular weight excluding hydrogens is 258 g/mol. The average Bonchev–Trinajstić information content (AvgIpc) is 2.16. The monoisotopic (exact) mass is 266 g/mol. The molecule has 14 heavy (non-hydrogen) atoms. The third-order valence-corrected chi connectivity index (χ3v) is 2.75. The van der Waals surface area contributed by atoms with E-state index in [4.69, 9.17) is 10.8 Å². The summed E-state index contributed by atoms with van der Waals surface area (Å²) < 4.78 is 25.0. The number of nitrogens with zero attached hydrogens (tertiary/aromatic N) is 1. The maximum Gasteiger partial charge on any atom is 0.266 e. The number of alkyl halides is 2. The second-order valence-electron chi connectivity index (χ2n) is 2.62. The molecule has 0 radical (unpaired) electrons. The predicted octanol–water partition coefficient (Wildman–Crippen LogP) is 1.73. The van der Waals surface area contributed by atoms with E-state index in [0.29, 0.717) is 11.3 Å². The van der Waals surface area contributed by atoms with Crippen molar-refractivity contribution in [3.8, 4) is 0 Å². The summed E-state index contributed by atoms with van der Waals surface area (Å²) in [6.45, 7) is -0.251. The van der Waals surface area contributed by atoms with Crippen LogP contribution in [0.4, 0.5) is 8.78 Å². The Morgan fingerprint density at radius 1 is 1.57 bits per heavy atom. The second kappa shape index (κ2) is 4.77. The summed E-state index contributed by atoms with van der Waals surface area (Å²) in [6.07, 6.45) is -1.55. The molecule has 0 unspecified atom stereocenters. The summed E-state index contributed by atoms with van der Waals surface area (Å²) in [4.78, 5) is 3.76. The molecule has 78 valence electrons. The molecule has 0 saturated heterocycles. The van der Waals surface area contributed by atoms with Crippen LogP contribution in [0, 0.1) is 0 Å². The van der Waals surface area contributed by atoms with Gasteiger partial charge in [0.2, 0.25) is 0 Å². The lowest BCUT2D eigenvalue weighted by Gasteiger charge is -2.10. The van der Waals surface area contributed by atoms with Crippen molar-refractivity contribution in [2.75, 3.05) is 0 Å². The molecule has 1 rings (SSSR count).